The first-order chi connectivity index (χ1) is 9.89. The molecule has 5 nitrogen and oxygen atoms in total. The Labute approximate surface area is 127 Å². The number of hydrogen-bond acceptors (Lipinski definition) is 3. The lowest BCUT2D eigenvalue weighted by Crippen LogP contribution is -2.52. The van der Waals surface area contributed by atoms with E-state index >= 15 is 0 Å². The summed E-state index contributed by atoms with van der Waals surface area (Å²) in [5.74, 6) is 0.458. The van der Waals surface area contributed by atoms with Crippen molar-refractivity contribution in [2.75, 3.05) is 13.2 Å². The molecule has 0 aromatic heterocycles. The van der Waals surface area contributed by atoms with E-state index in [1.54, 1.807) is 0 Å². The standard InChI is InChI=1S/C16H30N2O3/c1-16(2,3)9-11(10-19)17-15(20)18-13-5-4-6-14-12(13)7-8-21-14/h11-14,19H,4-10H2,1-3H3,(H2,17,18,20). The molecule has 2 aliphatic rings. The molecule has 2 fully saturated rings. The van der Waals surface area contributed by atoms with E-state index in [1.165, 1.54) is 0 Å². The molecule has 0 spiro atoms. The lowest BCUT2D eigenvalue weighted by atomic mass is 9.82. The number of aliphatic hydroxyl groups is 1. The fraction of sp³-hybridized carbons (Fsp3) is 0.938. The molecule has 1 saturated carbocycles. The number of carbonyl (C=O) groups is 1. The second-order valence-corrected chi connectivity index (χ2v) is 7.66. The third kappa shape index (κ3) is 4.85. The summed E-state index contributed by atoms with van der Waals surface area (Å²) in [7, 11) is 0. The summed E-state index contributed by atoms with van der Waals surface area (Å²) in [6.45, 7) is 7.12. The van der Waals surface area contributed by atoms with Crippen molar-refractivity contribution in [2.24, 2.45) is 11.3 Å². The predicted octanol–water partition coefficient (Wildman–Crippen LogP) is 2.04. The van der Waals surface area contributed by atoms with Crippen molar-refractivity contribution in [3.05, 3.63) is 0 Å². The number of amides is 2. The van der Waals surface area contributed by atoms with Crippen LogP contribution in [0.4, 0.5) is 4.79 Å². The van der Waals surface area contributed by atoms with Gasteiger partial charge in [0.2, 0.25) is 0 Å². The van der Waals surface area contributed by atoms with E-state index in [0.717, 1.165) is 38.7 Å². The third-order valence-corrected chi connectivity index (χ3v) is 4.51. The molecule has 1 aliphatic heterocycles. The van der Waals surface area contributed by atoms with Gasteiger partial charge in [0, 0.05) is 18.6 Å². The van der Waals surface area contributed by atoms with E-state index in [-0.39, 0.29) is 30.1 Å². The van der Waals surface area contributed by atoms with Gasteiger partial charge in [0.25, 0.3) is 0 Å². The van der Waals surface area contributed by atoms with Crippen molar-refractivity contribution >= 4 is 6.03 Å². The molecule has 122 valence electrons. The molecule has 0 bridgehead atoms. The number of rotatable bonds is 4. The van der Waals surface area contributed by atoms with Gasteiger partial charge >= 0.3 is 6.03 Å². The van der Waals surface area contributed by atoms with Gasteiger partial charge in [-0.2, -0.15) is 0 Å². The summed E-state index contributed by atoms with van der Waals surface area (Å²) in [5.41, 5.74) is 0.0793. The molecule has 2 rings (SSSR count). The second kappa shape index (κ2) is 6.97. The Kier molecular flexibility index (Phi) is 5.49. The molecule has 4 atom stereocenters. The van der Waals surface area contributed by atoms with Crippen LogP contribution in [0.3, 0.4) is 0 Å². The van der Waals surface area contributed by atoms with Crippen molar-refractivity contribution in [3.63, 3.8) is 0 Å². The molecule has 21 heavy (non-hydrogen) atoms. The van der Waals surface area contributed by atoms with Crippen LogP contribution in [0.15, 0.2) is 0 Å². The summed E-state index contributed by atoms with van der Waals surface area (Å²) < 4.78 is 5.73. The van der Waals surface area contributed by atoms with Crippen molar-refractivity contribution < 1.29 is 14.6 Å². The van der Waals surface area contributed by atoms with Crippen LogP contribution in [-0.4, -0.2) is 42.5 Å². The van der Waals surface area contributed by atoms with Gasteiger partial charge in [-0.25, -0.2) is 4.79 Å². The molecular weight excluding hydrogens is 268 g/mol. The summed E-state index contributed by atoms with van der Waals surface area (Å²) in [5, 5.41) is 15.4. The van der Waals surface area contributed by atoms with Gasteiger partial charge in [0.05, 0.1) is 18.8 Å². The van der Waals surface area contributed by atoms with Gasteiger partial charge < -0.3 is 20.5 Å². The van der Waals surface area contributed by atoms with Gasteiger partial charge in [-0.15, -0.1) is 0 Å². The second-order valence-electron chi connectivity index (χ2n) is 7.66. The lowest BCUT2D eigenvalue weighted by molar-refractivity contribution is 0.0547. The number of carbonyl (C=O) groups excluding carboxylic acids is 1. The molecule has 2 amide bonds. The Morgan fingerprint density at radius 2 is 2.10 bits per heavy atom. The molecule has 0 radical (unpaired) electrons. The minimum Gasteiger partial charge on any atom is -0.394 e. The van der Waals surface area contributed by atoms with Gasteiger partial charge in [-0.3, -0.25) is 0 Å². The fourth-order valence-electron chi connectivity index (χ4n) is 3.65. The zero-order chi connectivity index (χ0) is 15.5. The van der Waals surface area contributed by atoms with Crippen molar-refractivity contribution in [1.82, 2.24) is 10.6 Å². The zero-order valence-electron chi connectivity index (χ0n) is 13.5. The van der Waals surface area contributed by atoms with Crippen LogP contribution in [0.25, 0.3) is 0 Å². The minimum atomic E-state index is -0.191. The Hall–Kier alpha value is -0.810. The largest absolute Gasteiger partial charge is 0.394 e. The normalized spacial score (nSPS) is 30.6. The SMILES string of the molecule is CC(C)(C)CC(CO)NC(=O)NC1CCCC2OCCC12. The fourth-order valence-corrected chi connectivity index (χ4v) is 3.65. The van der Waals surface area contributed by atoms with E-state index in [9.17, 15) is 9.90 Å². The van der Waals surface area contributed by atoms with Crippen molar-refractivity contribution in [3.8, 4) is 0 Å². The van der Waals surface area contributed by atoms with Crippen molar-refractivity contribution in [1.29, 1.82) is 0 Å². The first kappa shape index (κ1) is 16.6. The molecule has 1 saturated heterocycles. The Balaban J connectivity index is 1.83. The van der Waals surface area contributed by atoms with Gasteiger partial charge in [0.15, 0.2) is 0 Å². The Morgan fingerprint density at radius 3 is 2.76 bits per heavy atom. The minimum absolute atomic E-state index is 0.0233. The molecule has 0 aromatic carbocycles. The summed E-state index contributed by atoms with van der Waals surface area (Å²) in [6.07, 6.45) is 5.39. The molecule has 5 heteroatoms. The maximum atomic E-state index is 12.2. The highest BCUT2D eigenvalue weighted by Gasteiger charge is 2.38. The molecule has 1 aliphatic carbocycles. The van der Waals surface area contributed by atoms with Gasteiger partial charge in [0.1, 0.15) is 0 Å². The average molecular weight is 298 g/mol. The van der Waals surface area contributed by atoms with E-state index in [4.69, 9.17) is 4.74 Å². The Morgan fingerprint density at radius 1 is 1.33 bits per heavy atom. The maximum absolute atomic E-state index is 12.2. The van der Waals surface area contributed by atoms with Crippen LogP contribution in [0.5, 0.6) is 0 Å². The molecule has 1 heterocycles. The van der Waals surface area contributed by atoms with Crippen LogP contribution in [0.2, 0.25) is 0 Å². The van der Waals surface area contributed by atoms with Crippen molar-refractivity contribution in [2.45, 2.75) is 71.1 Å². The van der Waals surface area contributed by atoms with Crippen LogP contribution in [-0.2, 0) is 4.74 Å². The summed E-state index contributed by atoms with van der Waals surface area (Å²) in [6, 6.07) is -0.139. The molecule has 3 N–H and O–H groups in total. The molecular formula is C16H30N2O3. The highest BCUT2D eigenvalue weighted by molar-refractivity contribution is 5.74. The average Bonchev–Trinajstić information content (AvgIpc) is 2.85. The first-order valence-electron chi connectivity index (χ1n) is 8.18. The number of fused-ring (bicyclic) bond motifs is 1. The van der Waals surface area contributed by atoms with E-state index in [2.05, 4.69) is 31.4 Å². The van der Waals surface area contributed by atoms with E-state index < -0.39 is 0 Å². The smallest absolute Gasteiger partial charge is 0.315 e. The summed E-state index contributed by atoms with van der Waals surface area (Å²) in [4.78, 5) is 12.2. The van der Waals surface area contributed by atoms with Crippen LogP contribution < -0.4 is 10.6 Å². The van der Waals surface area contributed by atoms with Gasteiger partial charge in [-0.1, -0.05) is 20.8 Å². The number of ether oxygens (including phenoxy) is 1. The van der Waals surface area contributed by atoms with Gasteiger partial charge in [-0.05, 0) is 37.5 Å². The van der Waals surface area contributed by atoms with Crippen LogP contribution in [0, 0.1) is 11.3 Å². The molecule has 4 unspecified atom stereocenters. The highest BCUT2D eigenvalue weighted by atomic mass is 16.5. The predicted molar refractivity (Wildman–Crippen MR) is 82.1 cm³/mol. The Bertz CT molecular complexity index is 354. The van der Waals surface area contributed by atoms with E-state index in [0.29, 0.717) is 12.0 Å². The number of urea groups is 1. The lowest BCUT2D eigenvalue weighted by Gasteiger charge is -2.34. The third-order valence-electron chi connectivity index (χ3n) is 4.51. The highest BCUT2D eigenvalue weighted by Crippen LogP contribution is 2.34. The van der Waals surface area contributed by atoms with E-state index in [1.807, 2.05) is 0 Å². The molecule has 0 aromatic rings. The van der Waals surface area contributed by atoms with Crippen LogP contribution in [0.1, 0.15) is 52.9 Å². The monoisotopic (exact) mass is 298 g/mol. The number of hydrogen-bond donors (Lipinski definition) is 3. The number of aliphatic hydroxyl groups excluding tert-OH is 1. The topological polar surface area (TPSA) is 70.6 Å². The first-order valence-corrected chi connectivity index (χ1v) is 8.18. The quantitative estimate of drug-likeness (QED) is 0.744. The summed E-state index contributed by atoms with van der Waals surface area (Å²) >= 11 is 0. The number of nitrogens with one attached hydrogen (secondary N) is 2. The zero-order valence-corrected chi connectivity index (χ0v) is 13.5. The maximum Gasteiger partial charge on any atom is 0.315 e. The van der Waals surface area contributed by atoms with Crippen LogP contribution >= 0.6 is 0 Å².